The van der Waals surface area contributed by atoms with Crippen molar-refractivity contribution in [3.8, 4) is 0 Å². The van der Waals surface area contributed by atoms with Gasteiger partial charge in [-0.2, -0.15) is 0 Å². The fourth-order valence-electron chi connectivity index (χ4n) is 3.63. The molecule has 0 aromatic carbocycles. The Hall–Kier alpha value is -0.770. The van der Waals surface area contributed by atoms with E-state index in [2.05, 4.69) is 10.2 Å². The molecule has 1 amide bonds. The Labute approximate surface area is 128 Å². The molecule has 0 atom stereocenters. The number of hydrogen-bond donors (Lipinski definition) is 1. The van der Waals surface area contributed by atoms with Gasteiger partial charge in [-0.1, -0.05) is 0 Å². The van der Waals surface area contributed by atoms with Crippen LogP contribution in [-0.4, -0.2) is 40.8 Å². The zero-order valence-corrected chi connectivity index (χ0v) is 13.7. The second kappa shape index (κ2) is 5.79. The minimum Gasteiger partial charge on any atom is -0.444 e. The molecule has 3 saturated carbocycles. The van der Waals surface area contributed by atoms with Crippen molar-refractivity contribution < 1.29 is 9.53 Å². The molecule has 0 radical (unpaired) electrons. The van der Waals surface area contributed by atoms with Gasteiger partial charge in [-0.05, 0) is 72.1 Å². The monoisotopic (exact) mass is 294 g/mol. The average Bonchev–Trinajstić information content (AvgIpc) is 3.22. The standard InChI is InChI=1S/C17H30N2O2/c1-17(2,3)21-16(20)18-12-4-6-13(7-5-12)19(14-8-9-14)15-10-11-15/h12-15H,4-11H2,1-3H3,(H,18,20)/t12-,13-. The van der Waals surface area contributed by atoms with Gasteiger partial charge in [0, 0.05) is 24.2 Å². The number of ether oxygens (including phenoxy) is 1. The maximum atomic E-state index is 11.8. The minimum absolute atomic E-state index is 0.257. The Bertz CT molecular complexity index is 363. The predicted molar refractivity (Wildman–Crippen MR) is 83.3 cm³/mol. The van der Waals surface area contributed by atoms with Crippen LogP contribution in [-0.2, 0) is 4.74 Å². The predicted octanol–water partition coefficient (Wildman–Crippen LogP) is 3.45. The van der Waals surface area contributed by atoms with Gasteiger partial charge in [-0.3, -0.25) is 4.90 Å². The molecule has 3 aliphatic carbocycles. The number of alkyl carbamates (subject to hydrolysis) is 1. The molecule has 3 aliphatic rings. The maximum absolute atomic E-state index is 11.8. The molecule has 3 rings (SSSR count). The van der Waals surface area contributed by atoms with E-state index in [0.29, 0.717) is 6.04 Å². The van der Waals surface area contributed by atoms with Crippen LogP contribution in [0.2, 0.25) is 0 Å². The van der Waals surface area contributed by atoms with Crippen LogP contribution in [0.4, 0.5) is 4.79 Å². The number of nitrogens with zero attached hydrogens (tertiary/aromatic N) is 1. The first-order chi connectivity index (χ1) is 9.92. The Morgan fingerprint density at radius 2 is 1.33 bits per heavy atom. The molecular formula is C17H30N2O2. The van der Waals surface area contributed by atoms with Gasteiger partial charge in [0.2, 0.25) is 0 Å². The summed E-state index contributed by atoms with van der Waals surface area (Å²) in [6.07, 6.45) is 10.0. The summed E-state index contributed by atoms with van der Waals surface area (Å²) >= 11 is 0. The van der Waals surface area contributed by atoms with Crippen molar-refractivity contribution in [3.05, 3.63) is 0 Å². The molecule has 4 heteroatoms. The third-order valence-electron chi connectivity index (χ3n) is 4.78. The molecule has 0 aliphatic heterocycles. The highest BCUT2D eigenvalue weighted by atomic mass is 16.6. The Kier molecular flexibility index (Phi) is 4.17. The first-order valence-electron chi connectivity index (χ1n) is 8.69. The van der Waals surface area contributed by atoms with E-state index in [9.17, 15) is 4.79 Å². The van der Waals surface area contributed by atoms with E-state index in [1.54, 1.807) is 0 Å². The quantitative estimate of drug-likeness (QED) is 0.863. The number of carbonyl (C=O) groups is 1. The summed E-state index contributed by atoms with van der Waals surface area (Å²) in [7, 11) is 0. The third kappa shape index (κ3) is 4.35. The van der Waals surface area contributed by atoms with Crippen LogP contribution in [0, 0.1) is 0 Å². The van der Waals surface area contributed by atoms with Crippen LogP contribution < -0.4 is 5.32 Å². The molecule has 3 fully saturated rings. The Morgan fingerprint density at radius 3 is 1.71 bits per heavy atom. The number of hydrogen-bond acceptors (Lipinski definition) is 3. The highest BCUT2D eigenvalue weighted by Crippen LogP contribution is 2.41. The average molecular weight is 294 g/mol. The summed E-state index contributed by atoms with van der Waals surface area (Å²) in [6.45, 7) is 5.73. The molecule has 0 heterocycles. The number of carbonyl (C=O) groups excluding carboxylic acids is 1. The highest BCUT2D eigenvalue weighted by Gasteiger charge is 2.43. The second-order valence-corrected chi connectivity index (χ2v) is 8.06. The van der Waals surface area contributed by atoms with Crippen molar-refractivity contribution in [3.63, 3.8) is 0 Å². The van der Waals surface area contributed by atoms with E-state index in [0.717, 1.165) is 31.0 Å². The smallest absolute Gasteiger partial charge is 0.407 e. The molecule has 0 bridgehead atoms. The molecule has 1 N–H and O–H groups in total. The van der Waals surface area contributed by atoms with Crippen molar-refractivity contribution in [2.75, 3.05) is 0 Å². The summed E-state index contributed by atoms with van der Waals surface area (Å²) in [6, 6.07) is 2.84. The van der Waals surface area contributed by atoms with Gasteiger partial charge in [0.15, 0.2) is 0 Å². The first kappa shape index (κ1) is 15.1. The fourth-order valence-corrected chi connectivity index (χ4v) is 3.63. The molecule has 4 nitrogen and oxygen atoms in total. The molecule has 120 valence electrons. The van der Waals surface area contributed by atoms with E-state index in [1.807, 2.05) is 20.8 Å². The van der Waals surface area contributed by atoms with Crippen molar-refractivity contribution >= 4 is 6.09 Å². The zero-order valence-electron chi connectivity index (χ0n) is 13.7. The lowest BCUT2D eigenvalue weighted by Crippen LogP contribution is -2.46. The lowest BCUT2D eigenvalue weighted by atomic mass is 9.90. The summed E-state index contributed by atoms with van der Waals surface area (Å²) in [5.41, 5.74) is -0.407. The Balaban J connectivity index is 1.43. The summed E-state index contributed by atoms with van der Waals surface area (Å²) < 4.78 is 5.35. The van der Waals surface area contributed by atoms with Crippen molar-refractivity contribution in [1.82, 2.24) is 10.2 Å². The van der Waals surface area contributed by atoms with Crippen LogP contribution in [0.5, 0.6) is 0 Å². The van der Waals surface area contributed by atoms with Gasteiger partial charge in [0.1, 0.15) is 5.60 Å². The van der Waals surface area contributed by atoms with Gasteiger partial charge in [0.25, 0.3) is 0 Å². The van der Waals surface area contributed by atoms with Crippen LogP contribution >= 0.6 is 0 Å². The number of nitrogens with one attached hydrogen (secondary N) is 1. The van der Waals surface area contributed by atoms with Gasteiger partial charge in [-0.15, -0.1) is 0 Å². The van der Waals surface area contributed by atoms with Crippen LogP contribution in [0.1, 0.15) is 72.1 Å². The lowest BCUT2D eigenvalue weighted by Gasteiger charge is -2.37. The number of amides is 1. The normalized spacial score (nSPS) is 30.3. The summed E-state index contributed by atoms with van der Waals surface area (Å²) in [5.74, 6) is 0. The highest BCUT2D eigenvalue weighted by molar-refractivity contribution is 5.68. The summed E-state index contributed by atoms with van der Waals surface area (Å²) in [5, 5.41) is 3.04. The van der Waals surface area contributed by atoms with Gasteiger partial charge < -0.3 is 10.1 Å². The van der Waals surface area contributed by atoms with E-state index in [1.165, 1.54) is 38.5 Å². The maximum Gasteiger partial charge on any atom is 0.407 e. The van der Waals surface area contributed by atoms with E-state index < -0.39 is 5.60 Å². The van der Waals surface area contributed by atoms with Crippen LogP contribution in [0.3, 0.4) is 0 Å². The zero-order chi connectivity index (χ0) is 15.0. The molecular weight excluding hydrogens is 264 g/mol. The van der Waals surface area contributed by atoms with Crippen LogP contribution in [0.15, 0.2) is 0 Å². The lowest BCUT2D eigenvalue weighted by molar-refractivity contribution is 0.0472. The molecule has 21 heavy (non-hydrogen) atoms. The molecule has 0 aromatic rings. The topological polar surface area (TPSA) is 41.6 Å². The van der Waals surface area contributed by atoms with E-state index in [-0.39, 0.29) is 6.09 Å². The van der Waals surface area contributed by atoms with Crippen molar-refractivity contribution in [1.29, 1.82) is 0 Å². The molecule has 0 spiro atoms. The molecule has 0 aromatic heterocycles. The van der Waals surface area contributed by atoms with Crippen LogP contribution in [0.25, 0.3) is 0 Å². The van der Waals surface area contributed by atoms with Gasteiger partial charge in [0.05, 0.1) is 0 Å². The minimum atomic E-state index is -0.407. The van der Waals surface area contributed by atoms with E-state index in [4.69, 9.17) is 4.74 Å². The fraction of sp³-hybridized carbons (Fsp3) is 0.941. The van der Waals surface area contributed by atoms with Gasteiger partial charge >= 0.3 is 6.09 Å². The summed E-state index contributed by atoms with van der Waals surface area (Å²) in [4.78, 5) is 14.7. The molecule has 0 unspecified atom stereocenters. The van der Waals surface area contributed by atoms with E-state index >= 15 is 0 Å². The number of rotatable bonds is 4. The second-order valence-electron chi connectivity index (χ2n) is 8.06. The SMILES string of the molecule is CC(C)(C)OC(=O)N[C@H]1CC[C@H](N(C2CC2)C2CC2)CC1. The molecule has 0 saturated heterocycles. The van der Waals surface area contributed by atoms with Crippen molar-refractivity contribution in [2.24, 2.45) is 0 Å². The van der Waals surface area contributed by atoms with Gasteiger partial charge in [-0.25, -0.2) is 4.79 Å². The third-order valence-corrected chi connectivity index (χ3v) is 4.78. The largest absolute Gasteiger partial charge is 0.444 e. The first-order valence-corrected chi connectivity index (χ1v) is 8.69. The van der Waals surface area contributed by atoms with Crippen molar-refractivity contribution in [2.45, 2.75) is 102 Å². The Morgan fingerprint density at radius 1 is 0.905 bits per heavy atom.